The number of carbonyl (C=O) groups is 4. The third kappa shape index (κ3) is 6.20. The van der Waals surface area contributed by atoms with Crippen LogP contribution in [-0.4, -0.2) is 95.6 Å². The van der Waals surface area contributed by atoms with Gasteiger partial charge >= 0.3 is 0 Å². The lowest BCUT2D eigenvalue weighted by atomic mass is 9.94. The number of carbonyl (C=O) groups excluding carboxylic acids is 4. The molecule has 1 aliphatic carbocycles. The maximum absolute atomic E-state index is 13.5. The van der Waals surface area contributed by atoms with E-state index < -0.39 is 0 Å². The molecule has 242 valence electrons. The van der Waals surface area contributed by atoms with Crippen molar-refractivity contribution in [2.24, 2.45) is 11.8 Å². The number of hydrogen-bond acceptors (Lipinski definition) is 6. The van der Waals surface area contributed by atoms with Crippen LogP contribution in [0.15, 0.2) is 72.8 Å². The van der Waals surface area contributed by atoms with Crippen molar-refractivity contribution in [3.8, 4) is 0 Å². The molecule has 0 N–H and O–H groups in total. The van der Waals surface area contributed by atoms with Gasteiger partial charge in [0.15, 0.2) is 0 Å². The number of benzene rings is 4. The van der Waals surface area contributed by atoms with Crippen molar-refractivity contribution in [2.45, 2.75) is 33.1 Å². The SMILES string of the molecule is CC(C)CN(CCCN(CCN1C(=O)c2cccc3cccc(c23)C1=O)CC1CC1)CCN1C(=O)c2cccc3cccc(c23)C1=O. The first-order valence-corrected chi connectivity index (χ1v) is 17.0. The molecule has 47 heavy (non-hydrogen) atoms. The third-order valence-electron chi connectivity index (χ3n) is 9.78. The Morgan fingerprint density at radius 2 is 1.00 bits per heavy atom. The molecule has 7 rings (SSSR count). The van der Waals surface area contributed by atoms with E-state index in [2.05, 4.69) is 23.6 Å². The van der Waals surface area contributed by atoms with E-state index in [4.69, 9.17) is 0 Å². The van der Waals surface area contributed by atoms with E-state index in [9.17, 15) is 19.2 Å². The van der Waals surface area contributed by atoms with Gasteiger partial charge < -0.3 is 9.80 Å². The van der Waals surface area contributed by atoms with E-state index in [1.807, 2.05) is 72.8 Å². The second-order valence-electron chi connectivity index (χ2n) is 13.7. The fourth-order valence-corrected chi connectivity index (χ4v) is 7.34. The molecule has 0 unspecified atom stereocenters. The van der Waals surface area contributed by atoms with Gasteiger partial charge in [0.05, 0.1) is 0 Å². The van der Waals surface area contributed by atoms with Crippen LogP contribution < -0.4 is 0 Å². The number of rotatable bonds is 14. The predicted octanol–water partition coefficient (Wildman–Crippen LogP) is 5.95. The molecule has 4 aromatic rings. The smallest absolute Gasteiger partial charge is 0.261 e. The summed E-state index contributed by atoms with van der Waals surface area (Å²) in [5.41, 5.74) is 2.38. The Morgan fingerprint density at radius 3 is 1.40 bits per heavy atom. The lowest BCUT2D eigenvalue weighted by molar-refractivity contribution is 0.0581. The van der Waals surface area contributed by atoms with Crippen LogP contribution >= 0.6 is 0 Å². The molecule has 0 aromatic heterocycles. The first kappa shape index (κ1) is 31.2. The van der Waals surface area contributed by atoms with Crippen LogP contribution in [0.4, 0.5) is 0 Å². The van der Waals surface area contributed by atoms with Gasteiger partial charge in [-0.15, -0.1) is 0 Å². The summed E-state index contributed by atoms with van der Waals surface area (Å²) in [6.07, 6.45) is 3.36. The molecule has 0 radical (unpaired) electrons. The zero-order valence-electron chi connectivity index (χ0n) is 27.3. The van der Waals surface area contributed by atoms with Gasteiger partial charge in [0.25, 0.3) is 23.6 Å². The largest absolute Gasteiger partial charge is 0.301 e. The quantitative estimate of drug-likeness (QED) is 0.160. The van der Waals surface area contributed by atoms with Crippen molar-refractivity contribution < 1.29 is 19.2 Å². The molecule has 4 amide bonds. The highest BCUT2D eigenvalue weighted by molar-refractivity contribution is 6.26. The summed E-state index contributed by atoms with van der Waals surface area (Å²) in [6, 6.07) is 22.6. The minimum absolute atomic E-state index is 0.213. The molecule has 2 heterocycles. The van der Waals surface area contributed by atoms with E-state index in [1.54, 1.807) is 0 Å². The van der Waals surface area contributed by atoms with Crippen LogP contribution in [0, 0.1) is 11.8 Å². The summed E-state index contributed by atoms with van der Waals surface area (Å²) in [5.74, 6) is 0.236. The molecule has 8 heteroatoms. The molecular formula is C39H42N4O4. The second-order valence-corrected chi connectivity index (χ2v) is 13.7. The van der Waals surface area contributed by atoms with E-state index >= 15 is 0 Å². The van der Waals surface area contributed by atoms with Crippen LogP contribution in [0.3, 0.4) is 0 Å². The summed E-state index contributed by atoms with van der Waals surface area (Å²) < 4.78 is 0. The van der Waals surface area contributed by atoms with Crippen molar-refractivity contribution in [2.75, 3.05) is 52.4 Å². The lowest BCUT2D eigenvalue weighted by Crippen LogP contribution is -2.46. The van der Waals surface area contributed by atoms with Crippen molar-refractivity contribution >= 4 is 45.2 Å². The molecule has 0 atom stereocenters. The predicted molar refractivity (Wildman–Crippen MR) is 184 cm³/mol. The standard InChI is InChI=1S/C39H42N4O4/c1-26(2)24-40(20-22-42-36(44)30-12-3-8-28-9-4-13-31(34(28)30)37(42)45)18-7-19-41(25-27-16-17-27)21-23-43-38(46)32-14-5-10-29-11-6-15-33(35(29)32)39(43)47/h3-6,8-15,26-27H,7,16-25H2,1-2H3. The van der Waals surface area contributed by atoms with Gasteiger partial charge in [0.1, 0.15) is 0 Å². The van der Waals surface area contributed by atoms with Crippen LogP contribution in [-0.2, 0) is 0 Å². The fraction of sp³-hybridized carbons (Fsp3) is 0.385. The van der Waals surface area contributed by atoms with Gasteiger partial charge in [-0.2, -0.15) is 0 Å². The summed E-state index contributed by atoms with van der Waals surface area (Å²) in [4.78, 5) is 61.4. The summed E-state index contributed by atoms with van der Waals surface area (Å²) in [7, 11) is 0. The van der Waals surface area contributed by atoms with Crippen LogP contribution in [0.25, 0.3) is 21.5 Å². The average molecular weight is 631 g/mol. The number of amides is 4. The Morgan fingerprint density at radius 1 is 0.596 bits per heavy atom. The Bertz CT molecular complexity index is 1650. The Balaban J connectivity index is 0.980. The van der Waals surface area contributed by atoms with Crippen molar-refractivity contribution in [1.29, 1.82) is 0 Å². The number of imide groups is 2. The zero-order valence-corrected chi connectivity index (χ0v) is 27.3. The zero-order chi connectivity index (χ0) is 32.7. The molecule has 0 saturated heterocycles. The molecule has 4 aromatic carbocycles. The van der Waals surface area contributed by atoms with Gasteiger partial charge in [-0.3, -0.25) is 29.0 Å². The molecule has 3 aliphatic rings. The molecule has 0 spiro atoms. The van der Waals surface area contributed by atoms with Gasteiger partial charge in [-0.25, -0.2) is 0 Å². The van der Waals surface area contributed by atoms with Crippen molar-refractivity contribution in [3.05, 3.63) is 95.1 Å². The minimum atomic E-state index is -0.222. The second kappa shape index (κ2) is 13.0. The van der Waals surface area contributed by atoms with Gasteiger partial charge in [-0.05, 0) is 79.2 Å². The number of nitrogens with zero attached hydrogens (tertiary/aromatic N) is 4. The Labute approximate surface area is 275 Å². The number of hydrogen-bond donors (Lipinski definition) is 0. The van der Waals surface area contributed by atoms with E-state index in [-0.39, 0.29) is 23.6 Å². The molecule has 2 aliphatic heterocycles. The summed E-state index contributed by atoms with van der Waals surface area (Å²) in [6.45, 7) is 9.84. The van der Waals surface area contributed by atoms with Crippen LogP contribution in [0.5, 0.6) is 0 Å². The Kier molecular flexibility index (Phi) is 8.64. The lowest BCUT2D eigenvalue weighted by Gasteiger charge is -2.32. The minimum Gasteiger partial charge on any atom is -0.301 e. The monoisotopic (exact) mass is 630 g/mol. The third-order valence-corrected chi connectivity index (χ3v) is 9.78. The van der Waals surface area contributed by atoms with E-state index in [0.29, 0.717) is 60.3 Å². The van der Waals surface area contributed by atoms with Gasteiger partial charge in [0, 0.05) is 72.3 Å². The highest BCUT2D eigenvalue weighted by Gasteiger charge is 2.34. The normalized spacial score (nSPS) is 16.2. The molecule has 8 nitrogen and oxygen atoms in total. The van der Waals surface area contributed by atoms with E-state index in [0.717, 1.165) is 54.1 Å². The highest BCUT2D eigenvalue weighted by atomic mass is 16.2. The maximum Gasteiger partial charge on any atom is 0.261 e. The average Bonchev–Trinajstić information content (AvgIpc) is 3.89. The first-order chi connectivity index (χ1) is 22.8. The van der Waals surface area contributed by atoms with Gasteiger partial charge in [-0.1, -0.05) is 62.4 Å². The molecule has 0 bridgehead atoms. The molecular weight excluding hydrogens is 588 g/mol. The maximum atomic E-state index is 13.5. The first-order valence-electron chi connectivity index (χ1n) is 17.0. The molecule has 1 saturated carbocycles. The van der Waals surface area contributed by atoms with Crippen molar-refractivity contribution in [1.82, 2.24) is 19.6 Å². The molecule has 1 fully saturated rings. The topological polar surface area (TPSA) is 81.2 Å². The van der Waals surface area contributed by atoms with Crippen molar-refractivity contribution in [3.63, 3.8) is 0 Å². The summed E-state index contributed by atoms with van der Waals surface area (Å²) in [5, 5.41) is 3.34. The highest BCUT2D eigenvalue weighted by Crippen LogP contribution is 2.32. The van der Waals surface area contributed by atoms with E-state index in [1.165, 1.54) is 22.6 Å². The summed E-state index contributed by atoms with van der Waals surface area (Å²) >= 11 is 0. The van der Waals surface area contributed by atoms with Crippen LogP contribution in [0.2, 0.25) is 0 Å². The van der Waals surface area contributed by atoms with Gasteiger partial charge in [0.2, 0.25) is 0 Å². The Hall–Kier alpha value is -4.40. The fourth-order valence-electron chi connectivity index (χ4n) is 7.34. The van der Waals surface area contributed by atoms with Crippen LogP contribution in [0.1, 0.15) is 74.5 Å².